The van der Waals surface area contributed by atoms with Gasteiger partial charge < -0.3 is 9.64 Å². The fourth-order valence-corrected chi connectivity index (χ4v) is 1.65. The van der Waals surface area contributed by atoms with Gasteiger partial charge in [-0.2, -0.15) is 5.26 Å². The molecule has 0 fully saturated rings. The quantitative estimate of drug-likeness (QED) is 0.752. The van der Waals surface area contributed by atoms with Gasteiger partial charge in [0.2, 0.25) is 0 Å². The monoisotopic (exact) mass is 232 g/mol. The van der Waals surface area contributed by atoms with Crippen LogP contribution in [0.5, 0.6) is 5.75 Å². The van der Waals surface area contributed by atoms with Crippen LogP contribution in [0, 0.1) is 11.3 Å². The van der Waals surface area contributed by atoms with Crippen molar-refractivity contribution < 1.29 is 4.74 Å². The number of anilines is 1. The SMILES string of the molecule is COc1ccc(C(C)(C)C)cc1N(C)CC#N. The number of benzene rings is 1. The second-order valence-corrected chi connectivity index (χ2v) is 5.15. The molecule has 1 aromatic rings. The molecule has 0 aromatic heterocycles. The summed E-state index contributed by atoms with van der Waals surface area (Å²) in [6, 6.07) is 8.27. The summed E-state index contributed by atoms with van der Waals surface area (Å²) in [5, 5.41) is 8.76. The molecule has 0 bridgehead atoms. The zero-order valence-corrected chi connectivity index (χ0v) is 11.2. The highest BCUT2D eigenvalue weighted by Gasteiger charge is 2.17. The van der Waals surface area contributed by atoms with Gasteiger partial charge in [-0.15, -0.1) is 0 Å². The summed E-state index contributed by atoms with van der Waals surface area (Å²) in [6.45, 7) is 6.86. The number of nitriles is 1. The zero-order chi connectivity index (χ0) is 13.1. The highest BCUT2D eigenvalue weighted by molar-refractivity contribution is 5.61. The lowest BCUT2D eigenvalue weighted by Crippen LogP contribution is -2.19. The first-order valence-electron chi connectivity index (χ1n) is 5.66. The first kappa shape index (κ1) is 13.4. The van der Waals surface area contributed by atoms with E-state index in [1.54, 1.807) is 7.11 Å². The molecule has 0 atom stereocenters. The van der Waals surface area contributed by atoms with Crippen LogP contribution in [0.1, 0.15) is 26.3 Å². The van der Waals surface area contributed by atoms with Crippen LogP contribution in [-0.4, -0.2) is 20.7 Å². The molecule has 0 unspecified atom stereocenters. The van der Waals surface area contributed by atoms with E-state index < -0.39 is 0 Å². The fourth-order valence-electron chi connectivity index (χ4n) is 1.65. The Morgan fingerprint density at radius 1 is 1.35 bits per heavy atom. The molecule has 0 N–H and O–H groups in total. The van der Waals surface area contributed by atoms with Crippen molar-refractivity contribution >= 4 is 5.69 Å². The predicted octanol–water partition coefficient (Wildman–Crippen LogP) is 2.95. The van der Waals surface area contributed by atoms with Crippen molar-refractivity contribution in [2.24, 2.45) is 0 Å². The summed E-state index contributed by atoms with van der Waals surface area (Å²) in [5.74, 6) is 0.802. The molecule has 92 valence electrons. The third-order valence-electron chi connectivity index (χ3n) is 2.76. The molecule has 0 saturated carbocycles. The number of hydrogen-bond acceptors (Lipinski definition) is 3. The number of nitrogens with zero attached hydrogens (tertiary/aromatic N) is 2. The normalized spacial score (nSPS) is 10.8. The van der Waals surface area contributed by atoms with Gasteiger partial charge in [0.1, 0.15) is 12.3 Å². The van der Waals surface area contributed by atoms with Crippen LogP contribution in [0.4, 0.5) is 5.69 Å². The van der Waals surface area contributed by atoms with Crippen LogP contribution in [-0.2, 0) is 5.41 Å². The van der Waals surface area contributed by atoms with Gasteiger partial charge in [-0.1, -0.05) is 26.8 Å². The molecule has 3 nitrogen and oxygen atoms in total. The van der Waals surface area contributed by atoms with Crippen LogP contribution >= 0.6 is 0 Å². The topological polar surface area (TPSA) is 36.3 Å². The molecule has 0 aliphatic carbocycles. The Hall–Kier alpha value is -1.69. The molecule has 1 aromatic carbocycles. The Morgan fingerprint density at radius 3 is 2.47 bits per heavy atom. The Morgan fingerprint density at radius 2 is 2.00 bits per heavy atom. The van der Waals surface area contributed by atoms with E-state index >= 15 is 0 Å². The first-order valence-corrected chi connectivity index (χ1v) is 5.66. The third-order valence-corrected chi connectivity index (χ3v) is 2.76. The van der Waals surface area contributed by atoms with Gasteiger partial charge in [0, 0.05) is 7.05 Å². The predicted molar refractivity (Wildman–Crippen MR) is 70.6 cm³/mol. The van der Waals surface area contributed by atoms with Crippen molar-refractivity contribution in [3.05, 3.63) is 23.8 Å². The van der Waals surface area contributed by atoms with Crippen LogP contribution in [0.3, 0.4) is 0 Å². The van der Waals surface area contributed by atoms with E-state index in [0.29, 0.717) is 6.54 Å². The standard InChI is InChI=1S/C14H20N2O/c1-14(2,3)11-6-7-13(17-5)12(10-11)16(4)9-8-15/h6-7,10H,9H2,1-5H3. The largest absolute Gasteiger partial charge is 0.495 e. The van der Waals surface area contributed by atoms with E-state index in [4.69, 9.17) is 10.00 Å². The van der Waals surface area contributed by atoms with Gasteiger partial charge in [-0.25, -0.2) is 0 Å². The molecule has 17 heavy (non-hydrogen) atoms. The Labute approximate surface area is 104 Å². The van der Waals surface area contributed by atoms with Crippen LogP contribution in [0.15, 0.2) is 18.2 Å². The van der Waals surface area contributed by atoms with Gasteiger partial charge in [0.25, 0.3) is 0 Å². The summed E-state index contributed by atoms with van der Waals surface area (Å²) >= 11 is 0. The van der Waals surface area contributed by atoms with Gasteiger partial charge in [0.05, 0.1) is 18.9 Å². The van der Waals surface area contributed by atoms with E-state index in [9.17, 15) is 0 Å². The van der Waals surface area contributed by atoms with E-state index in [1.807, 2.05) is 18.0 Å². The Balaban J connectivity index is 3.21. The van der Waals surface area contributed by atoms with E-state index in [-0.39, 0.29) is 5.41 Å². The maximum atomic E-state index is 8.76. The molecular formula is C14H20N2O. The minimum Gasteiger partial charge on any atom is -0.495 e. The molecule has 0 aliphatic rings. The first-order chi connectivity index (χ1) is 7.90. The zero-order valence-electron chi connectivity index (χ0n) is 11.2. The van der Waals surface area contributed by atoms with Crippen LogP contribution < -0.4 is 9.64 Å². The van der Waals surface area contributed by atoms with E-state index in [0.717, 1.165) is 11.4 Å². The molecule has 0 spiro atoms. The lowest BCUT2D eigenvalue weighted by molar-refractivity contribution is 0.414. The van der Waals surface area contributed by atoms with E-state index in [2.05, 4.69) is 39.0 Å². The number of methoxy groups -OCH3 is 1. The maximum absolute atomic E-state index is 8.76. The minimum absolute atomic E-state index is 0.0918. The molecule has 0 amide bonds. The number of ether oxygens (including phenoxy) is 1. The molecule has 3 heteroatoms. The average molecular weight is 232 g/mol. The Kier molecular flexibility index (Phi) is 4.01. The maximum Gasteiger partial charge on any atom is 0.142 e. The van der Waals surface area contributed by atoms with Gasteiger partial charge in [-0.3, -0.25) is 0 Å². The van der Waals surface area contributed by atoms with Crippen LogP contribution in [0.25, 0.3) is 0 Å². The minimum atomic E-state index is 0.0918. The summed E-state index contributed by atoms with van der Waals surface area (Å²) in [5.41, 5.74) is 2.29. The van der Waals surface area contributed by atoms with Crippen molar-refractivity contribution in [1.29, 1.82) is 5.26 Å². The summed E-state index contributed by atoms with van der Waals surface area (Å²) < 4.78 is 5.33. The number of hydrogen-bond donors (Lipinski definition) is 0. The molecule has 0 radical (unpaired) electrons. The summed E-state index contributed by atoms with van der Waals surface area (Å²) in [6.07, 6.45) is 0. The van der Waals surface area contributed by atoms with Crippen molar-refractivity contribution in [3.63, 3.8) is 0 Å². The fraction of sp³-hybridized carbons (Fsp3) is 0.500. The summed E-state index contributed by atoms with van der Waals surface area (Å²) in [4.78, 5) is 1.90. The number of rotatable bonds is 3. The van der Waals surface area contributed by atoms with Crippen LogP contribution in [0.2, 0.25) is 0 Å². The van der Waals surface area contributed by atoms with Gasteiger partial charge in [-0.05, 0) is 23.1 Å². The van der Waals surface area contributed by atoms with Crippen molar-refractivity contribution in [1.82, 2.24) is 0 Å². The third kappa shape index (κ3) is 3.13. The lowest BCUT2D eigenvalue weighted by atomic mass is 9.86. The van der Waals surface area contributed by atoms with Gasteiger partial charge >= 0.3 is 0 Å². The average Bonchev–Trinajstić information content (AvgIpc) is 2.27. The molecule has 0 aliphatic heterocycles. The molecule has 1 rings (SSSR count). The van der Waals surface area contributed by atoms with Gasteiger partial charge in [0.15, 0.2) is 0 Å². The lowest BCUT2D eigenvalue weighted by Gasteiger charge is -2.24. The Bertz CT molecular complexity index is 427. The molecule has 0 heterocycles. The molecule has 0 saturated heterocycles. The second-order valence-electron chi connectivity index (χ2n) is 5.15. The van der Waals surface area contributed by atoms with Crippen molar-refractivity contribution in [2.45, 2.75) is 26.2 Å². The van der Waals surface area contributed by atoms with Crippen molar-refractivity contribution in [3.8, 4) is 11.8 Å². The second kappa shape index (κ2) is 5.09. The smallest absolute Gasteiger partial charge is 0.142 e. The highest BCUT2D eigenvalue weighted by atomic mass is 16.5. The molecular weight excluding hydrogens is 212 g/mol. The summed E-state index contributed by atoms with van der Waals surface area (Å²) in [7, 11) is 3.54. The van der Waals surface area contributed by atoms with E-state index in [1.165, 1.54) is 5.56 Å². The van der Waals surface area contributed by atoms with Crippen molar-refractivity contribution in [2.75, 3.05) is 25.6 Å². The highest BCUT2D eigenvalue weighted by Crippen LogP contribution is 2.33.